The Balaban J connectivity index is 2.07. The third-order valence-corrected chi connectivity index (χ3v) is 4.84. The fraction of sp³-hybridized carbons (Fsp3) is 0.867. The molecule has 1 saturated heterocycles. The number of nitrogens with zero attached hydrogens (tertiary/aromatic N) is 1. The summed E-state index contributed by atoms with van der Waals surface area (Å²) in [5.41, 5.74) is 0. The van der Waals surface area contributed by atoms with Gasteiger partial charge < -0.3 is 10.4 Å². The highest BCUT2D eigenvalue weighted by atomic mass is 16.4. The van der Waals surface area contributed by atoms with Gasteiger partial charge in [0, 0.05) is 19.1 Å². The Kier molecular flexibility index (Phi) is 5.02. The second kappa shape index (κ2) is 6.57. The van der Waals surface area contributed by atoms with Crippen LogP contribution in [0.5, 0.6) is 0 Å². The molecule has 114 valence electrons. The summed E-state index contributed by atoms with van der Waals surface area (Å²) in [5.74, 6) is 0.345. The van der Waals surface area contributed by atoms with Crippen molar-refractivity contribution in [2.24, 2.45) is 11.8 Å². The van der Waals surface area contributed by atoms with Crippen LogP contribution in [0.3, 0.4) is 0 Å². The normalized spacial score (nSPS) is 32.1. The van der Waals surface area contributed by atoms with E-state index >= 15 is 0 Å². The average Bonchev–Trinajstić information content (AvgIpc) is 2.41. The van der Waals surface area contributed by atoms with Crippen molar-refractivity contribution >= 4 is 11.9 Å². The number of carboxylic acids is 1. The summed E-state index contributed by atoms with van der Waals surface area (Å²) in [5, 5.41) is 11.8. The minimum absolute atomic E-state index is 0.0886. The maximum atomic E-state index is 12.0. The van der Waals surface area contributed by atoms with E-state index in [9.17, 15) is 9.59 Å². The lowest BCUT2D eigenvalue weighted by Gasteiger charge is -2.44. The van der Waals surface area contributed by atoms with E-state index in [0.29, 0.717) is 24.4 Å². The van der Waals surface area contributed by atoms with Gasteiger partial charge in [-0.2, -0.15) is 0 Å². The number of hydrogen-bond donors (Lipinski definition) is 2. The predicted molar refractivity (Wildman–Crippen MR) is 76.3 cm³/mol. The Bertz CT molecular complexity index is 370. The molecule has 5 heteroatoms. The fourth-order valence-electron chi connectivity index (χ4n) is 3.65. The monoisotopic (exact) mass is 282 g/mol. The lowest BCUT2D eigenvalue weighted by molar-refractivity contribution is -0.144. The smallest absolute Gasteiger partial charge is 0.305 e. The van der Waals surface area contributed by atoms with Gasteiger partial charge in [0.15, 0.2) is 0 Å². The molecule has 2 N–H and O–H groups in total. The molecule has 0 radical (unpaired) electrons. The van der Waals surface area contributed by atoms with E-state index in [1.165, 1.54) is 12.8 Å². The highest BCUT2D eigenvalue weighted by molar-refractivity contribution is 5.86. The highest BCUT2D eigenvalue weighted by Gasteiger charge is 2.38. The van der Waals surface area contributed by atoms with Crippen molar-refractivity contribution < 1.29 is 14.7 Å². The molecule has 5 nitrogen and oxygen atoms in total. The summed E-state index contributed by atoms with van der Waals surface area (Å²) < 4.78 is 0. The van der Waals surface area contributed by atoms with E-state index in [-0.39, 0.29) is 12.3 Å². The molecule has 1 amide bonds. The molecule has 0 bridgehead atoms. The van der Waals surface area contributed by atoms with Crippen molar-refractivity contribution in [3.8, 4) is 0 Å². The van der Waals surface area contributed by atoms with Crippen LogP contribution in [-0.2, 0) is 9.59 Å². The number of carbonyl (C=O) groups is 2. The molecular weight excluding hydrogens is 256 g/mol. The number of aliphatic carboxylic acids is 1. The molecule has 3 unspecified atom stereocenters. The Morgan fingerprint density at radius 2 is 2.20 bits per heavy atom. The van der Waals surface area contributed by atoms with Crippen LogP contribution in [0.4, 0.5) is 0 Å². The van der Waals surface area contributed by atoms with Crippen molar-refractivity contribution in [1.82, 2.24) is 10.2 Å². The summed E-state index contributed by atoms with van der Waals surface area (Å²) >= 11 is 0. The summed E-state index contributed by atoms with van der Waals surface area (Å²) in [7, 11) is 0. The maximum Gasteiger partial charge on any atom is 0.305 e. The van der Waals surface area contributed by atoms with Crippen LogP contribution < -0.4 is 5.32 Å². The third kappa shape index (κ3) is 3.51. The molecule has 0 aromatic heterocycles. The zero-order valence-electron chi connectivity index (χ0n) is 12.5. The minimum atomic E-state index is -0.895. The van der Waals surface area contributed by atoms with Crippen LogP contribution in [0.15, 0.2) is 0 Å². The number of carbonyl (C=O) groups excluding carboxylic acids is 1. The summed E-state index contributed by atoms with van der Waals surface area (Å²) in [4.78, 5) is 25.1. The van der Waals surface area contributed by atoms with Gasteiger partial charge >= 0.3 is 5.97 Å². The molecule has 20 heavy (non-hydrogen) atoms. The third-order valence-electron chi connectivity index (χ3n) is 4.84. The van der Waals surface area contributed by atoms with Gasteiger partial charge in [-0.05, 0) is 24.7 Å². The maximum absolute atomic E-state index is 12.0. The summed E-state index contributed by atoms with van der Waals surface area (Å²) in [6.45, 7) is 5.92. The van der Waals surface area contributed by atoms with Crippen molar-refractivity contribution in [3.05, 3.63) is 0 Å². The van der Waals surface area contributed by atoms with Crippen molar-refractivity contribution in [2.45, 2.75) is 58.0 Å². The quantitative estimate of drug-likeness (QED) is 0.819. The molecule has 1 aliphatic heterocycles. The molecule has 0 aromatic rings. The van der Waals surface area contributed by atoms with Gasteiger partial charge in [0.05, 0.1) is 12.5 Å². The number of nitrogens with one attached hydrogen (secondary N) is 1. The first kappa shape index (κ1) is 15.3. The van der Waals surface area contributed by atoms with E-state index in [2.05, 4.69) is 24.1 Å². The molecular formula is C15H26N2O3. The number of amides is 1. The van der Waals surface area contributed by atoms with Crippen LogP contribution in [-0.4, -0.2) is 47.1 Å². The lowest BCUT2D eigenvalue weighted by Crippen LogP contribution is -2.59. The van der Waals surface area contributed by atoms with Gasteiger partial charge in [-0.3, -0.25) is 14.5 Å². The number of rotatable bonds is 4. The first-order chi connectivity index (χ1) is 9.49. The standard InChI is InChI=1S/C15H26N2O3/c1-10(2)11-4-3-5-12(8-11)17-7-6-16-15(20)13(17)9-14(18)19/h10-13H,3-9H2,1-2H3,(H,16,20)(H,18,19). The SMILES string of the molecule is CC(C)C1CCCC(N2CCNC(=O)C2CC(=O)O)C1. The Labute approximate surface area is 120 Å². The molecule has 0 spiro atoms. The Hall–Kier alpha value is -1.10. The van der Waals surface area contributed by atoms with Gasteiger partial charge in [-0.25, -0.2) is 0 Å². The van der Waals surface area contributed by atoms with E-state index in [0.717, 1.165) is 19.4 Å². The van der Waals surface area contributed by atoms with Crippen molar-refractivity contribution in [2.75, 3.05) is 13.1 Å². The number of piperazine rings is 1. The molecule has 2 rings (SSSR count). The van der Waals surface area contributed by atoms with Gasteiger partial charge in [0.1, 0.15) is 0 Å². The number of carboxylic acid groups (broad SMARTS) is 1. The Morgan fingerprint density at radius 1 is 1.45 bits per heavy atom. The van der Waals surface area contributed by atoms with Gasteiger partial charge in [0.25, 0.3) is 0 Å². The molecule has 2 aliphatic rings. The van der Waals surface area contributed by atoms with Gasteiger partial charge in [0.2, 0.25) is 5.91 Å². The molecule has 1 saturated carbocycles. The Morgan fingerprint density at radius 3 is 2.85 bits per heavy atom. The van der Waals surface area contributed by atoms with E-state index < -0.39 is 12.0 Å². The lowest BCUT2D eigenvalue weighted by atomic mass is 9.78. The first-order valence-corrected chi connectivity index (χ1v) is 7.74. The largest absolute Gasteiger partial charge is 0.481 e. The molecule has 0 aromatic carbocycles. The van der Waals surface area contributed by atoms with Crippen LogP contribution in [0.2, 0.25) is 0 Å². The average molecular weight is 282 g/mol. The van der Waals surface area contributed by atoms with E-state index in [1.54, 1.807) is 0 Å². The minimum Gasteiger partial charge on any atom is -0.481 e. The second-order valence-corrected chi connectivity index (χ2v) is 6.47. The first-order valence-electron chi connectivity index (χ1n) is 7.74. The molecule has 2 fully saturated rings. The molecule has 3 atom stereocenters. The van der Waals surface area contributed by atoms with E-state index in [4.69, 9.17) is 5.11 Å². The van der Waals surface area contributed by atoms with Crippen LogP contribution >= 0.6 is 0 Å². The zero-order valence-corrected chi connectivity index (χ0v) is 12.5. The molecule has 1 heterocycles. The van der Waals surface area contributed by atoms with Gasteiger partial charge in [-0.1, -0.05) is 26.7 Å². The van der Waals surface area contributed by atoms with Crippen LogP contribution in [0, 0.1) is 11.8 Å². The van der Waals surface area contributed by atoms with Crippen molar-refractivity contribution in [1.29, 1.82) is 0 Å². The van der Waals surface area contributed by atoms with Crippen molar-refractivity contribution in [3.63, 3.8) is 0 Å². The van der Waals surface area contributed by atoms with Crippen LogP contribution in [0.25, 0.3) is 0 Å². The molecule has 1 aliphatic carbocycles. The van der Waals surface area contributed by atoms with E-state index in [1.807, 2.05) is 0 Å². The highest BCUT2D eigenvalue weighted by Crippen LogP contribution is 2.33. The number of hydrogen-bond acceptors (Lipinski definition) is 3. The topological polar surface area (TPSA) is 69.6 Å². The van der Waals surface area contributed by atoms with Gasteiger partial charge in [-0.15, -0.1) is 0 Å². The predicted octanol–water partition coefficient (Wildman–Crippen LogP) is 1.48. The fourth-order valence-corrected chi connectivity index (χ4v) is 3.65. The summed E-state index contributed by atoms with van der Waals surface area (Å²) in [6.07, 6.45) is 4.55. The summed E-state index contributed by atoms with van der Waals surface area (Å²) in [6, 6.07) is -0.122. The van der Waals surface area contributed by atoms with Crippen LogP contribution in [0.1, 0.15) is 46.0 Å². The second-order valence-electron chi connectivity index (χ2n) is 6.47. The zero-order chi connectivity index (χ0) is 14.7.